The molecule has 0 aromatic carbocycles. The van der Waals surface area contributed by atoms with Crippen LogP contribution < -0.4 is 0 Å². The summed E-state index contributed by atoms with van der Waals surface area (Å²) in [4.78, 5) is 0. The van der Waals surface area contributed by atoms with Gasteiger partial charge in [-0.1, -0.05) is 48.6 Å². The molecule has 2 nitrogen and oxygen atoms in total. The first kappa shape index (κ1) is 16.9. The molecule has 0 rings (SSSR count). The summed E-state index contributed by atoms with van der Waals surface area (Å²) in [5.41, 5.74) is 0. The van der Waals surface area contributed by atoms with Crippen LogP contribution in [-0.4, -0.2) is 23.4 Å². The molecule has 0 unspecified atom stereocenters. The lowest BCUT2D eigenvalue weighted by Gasteiger charge is -1.89. The fourth-order valence-corrected chi connectivity index (χ4v) is 1.43. The SMILES string of the molecule is OC/C=C/CC/C=C/CC/C=C/CC/C=C/CO. The van der Waals surface area contributed by atoms with Crippen molar-refractivity contribution in [3.8, 4) is 0 Å². The van der Waals surface area contributed by atoms with Gasteiger partial charge in [-0.15, -0.1) is 0 Å². The van der Waals surface area contributed by atoms with Crippen LogP contribution in [0.3, 0.4) is 0 Å². The summed E-state index contributed by atoms with van der Waals surface area (Å²) in [6.45, 7) is 0.282. The van der Waals surface area contributed by atoms with Crippen LogP contribution in [0.5, 0.6) is 0 Å². The van der Waals surface area contributed by atoms with Gasteiger partial charge in [0.15, 0.2) is 0 Å². The number of hydrogen-bond acceptors (Lipinski definition) is 2. The van der Waals surface area contributed by atoms with Gasteiger partial charge in [0.1, 0.15) is 0 Å². The lowest BCUT2D eigenvalue weighted by Crippen LogP contribution is -1.72. The number of allylic oxidation sites excluding steroid dienone is 6. The highest BCUT2D eigenvalue weighted by Gasteiger charge is 1.80. The van der Waals surface area contributed by atoms with Crippen LogP contribution in [0.4, 0.5) is 0 Å². The highest BCUT2D eigenvalue weighted by atomic mass is 16.3. The first-order valence-corrected chi connectivity index (χ1v) is 6.73. The van der Waals surface area contributed by atoms with Gasteiger partial charge in [-0.2, -0.15) is 0 Å². The summed E-state index contributed by atoms with van der Waals surface area (Å²) >= 11 is 0. The van der Waals surface area contributed by atoms with Crippen LogP contribution in [-0.2, 0) is 0 Å². The molecule has 0 radical (unpaired) electrons. The number of unbranched alkanes of at least 4 members (excludes halogenated alkanes) is 3. The van der Waals surface area contributed by atoms with Crippen molar-refractivity contribution >= 4 is 0 Å². The maximum absolute atomic E-state index is 8.53. The monoisotopic (exact) mass is 250 g/mol. The molecule has 18 heavy (non-hydrogen) atoms. The van der Waals surface area contributed by atoms with Crippen LogP contribution in [0.2, 0.25) is 0 Å². The Labute approximate surface area is 111 Å². The van der Waals surface area contributed by atoms with E-state index >= 15 is 0 Å². The normalized spacial score (nSPS) is 12.8. The molecule has 0 aromatic heterocycles. The van der Waals surface area contributed by atoms with Gasteiger partial charge in [0.25, 0.3) is 0 Å². The minimum atomic E-state index is 0.141. The van der Waals surface area contributed by atoms with Gasteiger partial charge in [0.05, 0.1) is 13.2 Å². The Morgan fingerprint density at radius 1 is 0.389 bits per heavy atom. The van der Waals surface area contributed by atoms with Crippen LogP contribution in [0, 0.1) is 0 Å². The van der Waals surface area contributed by atoms with Crippen LogP contribution in [0.15, 0.2) is 48.6 Å². The van der Waals surface area contributed by atoms with E-state index < -0.39 is 0 Å². The molecule has 0 bridgehead atoms. The maximum atomic E-state index is 8.53. The van der Waals surface area contributed by atoms with E-state index in [1.807, 2.05) is 12.2 Å². The number of aliphatic hydroxyl groups is 2. The van der Waals surface area contributed by atoms with E-state index in [1.165, 1.54) is 0 Å². The van der Waals surface area contributed by atoms with Crippen molar-refractivity contribution in [3.63, 3.8) is 0 Å². The van der Waals surface area contributed by atoms with Gasteiger partial charge in [-0.3, -0.25) is 0 Å². The summed E-state index contributed by atoms with van der Waals surface area (Å²) in [5.74, 6) is 0. The quantitative estimate of drug-likeness (QED) is 0.435. The molecule has 0 fully saturated rings. The number of aliphatic hydroxyl groups excluding tert-OH is 2. The lowest BCUT2D eigenvalue weighted by molar-refractivity contribution is 0.342. The van der Waals surface area contributed by atoms with Crippen LogP contribution >= 0.6 is 0 Å². The summed E-state index contributed by atoms with van der Waals surface area (Å²) in [6.07, 6.45) is 22.7. The van der Waals surface area contributed by atoms with Gasteiger partial charge in [-0.25, -0.2) is 0 Å². The Morgan fingerprint density at radius 3 is 0.833 bits per heavy atom. The van der Waals surface area contributed by atoms with Crippen molar-refractivity contribution in [2.75, 3.05) is 13.2 Å². The van der Waals surface area contributed by atoms with E-state index in [0.717, 1.165) is 38.5 Å². The minimum Gasteiger partial charge on any atom is -0.392 e. The predicted molar refractivity (Wildman–Crippen MR) is 78.4 cm³/mol. The first-order chi connectivity index (χ1) is 8.91. The molecule has 0 aliphatic heterocycles. The van der Waals surface area contributed by atoms with E-state index in [9.17, 15) is 0 Å². The van der Waals surface area contributed by atoms with E-state index in [-0.39, 0.29) is 13.2 Å². The molecule has 2 heteroatoms. The fraction of sp³-hybridized carbons (Fsp3) is 0.500. The summed E-state index contributed by atoms with van der Waals surface area (Å²) in [5, 5.41) is 17.1. The molecular weight excluding hydrogens is 224 g/mol. The standard InChI is InChI=1S/C16H26O2/c17-15-13-11-9-7-5-3-1-2-4-6-8-10-12-14-16-18/h3-6,11-14,17-18H,1-2,7-10,15-16H2/b5-3+,6-4+,13-11+,14-12+. The Kier molecular flexibility index (Phi) is 14.9. The topological polar surface area (TPSA) is 40.5 Å². The second-order valence-electron chi connectivity index (χ2n) is 3.98. The molecule has 0 heterocycles. The van der Waals surface area contributed by atoms with E-state index in [2.05, 4.69) is 24.3 Å². The Hall–Kier alpha value is -1.12. The van der Waals surface area contributed by atoms with Gasteiger partial charge < -0.3 is 10.2 Å². The Bertz CT molecular complexity index is 234. The van der Waals surface area contributed by atoms with Crippen molar-refractivity contribution in [3.05, 3.63) is 48.6 Å². The van der Waals surface area contributed by atoms with Crippen LogP contribution in [0.1, 0.15) is 38.5 Å². The molecule has 0 aromatic rings. The minimum absolute atomic E-state index is 0.141. The predicted octanol–water partition coefficient (Wildman–Crippen LogP) is 3.54. The molecule has 0 spiro atoms. The zero-order chi connectivity index (χ0) is 13.3. The summed E-state index contributed by atoms with van der Waals surface area (Å²) < 4.78 is 0. The Morgan fingerprint density at radius 2 is 0.611 bits per heavy atom. The molecule has 102 valence electrons. The average molecular weight is 250 g/mol. The van der Waals surface area contributed by atoms with Crippen molar-refractivity contribution in [1.82, 2.24) is 0 Å². The molecule has 0 aliphatic rings. The molecular formula is C16H26O2. The van der Waals surface area contributed by atoms with Crippen molar-refractivity contribution in [1.29, 1.82) is 0 Å². The zero-order valence-corrected chi connectivity index (χ0v) is 11.2. The number of hydrogen-bond donors (Lipinski definition) is 2. The van der Waals surface area contributed by atoms with E-state index in [0.29, 0.717) is 0 Å². The molecule has 0 atom stereocenters. The van der Waals surface area contributed by atoms with E-state index in [4.69, 9.17) is 10.2 Å². The fourth-order valence-electron chi connectivity index (χ4n) is 1.43. The third-order valence-electron chi connectivity index (χ3n) is 2.38. The molecule has 2 N–H and O–H groups in total. The third-order valence-corrected chi connectivity index (χ3v) is 2.38. The molecule has 0 aliphatic carbocycles. The van der Waals surface area contributed by atoms with Gasteiger partial charge in [0, 0.05) is 0 Å². The second kappa shape index (κ2) is 15.9. The maximum Gasteiger partial charge on any atom is 0.0612 e. The number of rotatable bonds is 11. The third kappa shape index (κ3) is 14.9. The van der Waals surface area contributed by atoms with Crippen molar-refractivity contribution in [2.45, 2.75) is 38.5 Å². The van der Waals surface area contributed by atoms with Gasteiger partial charge >= 0.3 is 0 Å². The Balaban J connectivity index is 3.28. The first-order valence-electron chi connectivity index (χ1n) is 6.73. The summed E-state index contributed by atoms with van der Waals surface area (Å²) in [7, 11) is 0. The smallest absolute Gasteiger partial charge is 0.0612 e. The van der Waals surface area contributed by atoms with Gasteiger partial charge in [-0.05, 0) is 38.5 Å². The highest BCUT2D eigenvalue weighted by molar-refractivity contribution is 4.91. The molecule has 0 saturated heterocycles. The van der Waals surface area contributed by atoms with E-state index in [1.54, 1.807) is 12.2 Å². The zero-order valence-electron chi connectivity index (χ0n) is 11.2. The second-order valence-corrected chi connectivity index (χ2v) is 3.98. The summed E-state index contributed by atoms with van der Waals surface area (Å²) in [6, 6.07) is 0. The lowest BCUT2D eigenvalue weighted by atomic mass is 10.2. The molecule has 0 amide bonds. The van der Waals surface area contributed by atoms with Gasteiger partial charge in [0.2, 0.25) is 0 Å². The van der Waals surface area contributed by atoms with Crippen LogP contribution in [0.25, 0.3) is 0 Å². The van der Waals surface area contributed by atoms with Crippen molar-refractivity contribution < 1.29 is 10.2 Å². The molecule has 0 saturated carbocycles. The highest BCUT2D eigenvalue weighted by Crippen LogP contribution is 1.99. The largest absolute Gasteiger partial charge is 0.392 e. The van der Waals surface area contributed by atoms with Crippen molar-refractivity contribution in [2.24, 2.45) is 0 Å². The average Bonchev–Trinajstić information content (AvgIpc) is 2.39.